The van der Waals surface area contributed by atoms with Gasteiger partial charge in [0, 0.05) is 13.1 Å². The number of rotatable bonds is 18. The van der Waals surface area contributed by atoms with Crippen molar-refractivity contribution in [2.45, 2.75) is 72.3 Å². The topological polar surface area (TPSA) is 45.2 Å². The van der Waals surface area contributed by atoms with Crippen molar-refractivity contribution in [3.05, 3.63) is 47.5 Å². The lowest BCUT2D eigenvalue weighted by Crippen LogP contribution is -2.27. The molecule has 200 valence electrons. The Morgan fingerprint density at radius 3 is 1.36 bits per heavy atom. The summed E-state index contributed by atoms with van der Waals surface area (Å²) in [6, 6.07) is 12.2. The van der Waals surface area contributed by atoms with Crippen molar-refractivity contribution in [3.8, 4) is 22.6 Å². The van der Waals surface area contributed by atoms with E-state index in [0.29, 0.717) is 13.2 Å². The molecule has 5 nitrogen and oxygen atoms in total. The molecule has 0 heterocycles. The van der Waals surface area contributed by atoms with E-state index in [1.54, 1.807) is 0 Å². The second-order valence-electron chi connectivity index (χ2n) is 9.99. The fraction of sp³-hybridized carbons (Fsp3) is 0.613. The molecule has 0 spiro atoms. The zero-order valence-corrected chi connectivity index (χ0v) is 23.1. The second-order valence-corrected chi connectivity index (χ2v) is 9.99. The summed E-state index contributed by atoms with van der Waals surface area (Å²) in [5, 5.41) is 11.1. The van der Waals surface area contributed by atoms with E-state index in [1.807, 2.05) is 24.3 Å². The van der Waals surface area contributed by atoms with Gasteiger partial charge in [0.15, 0.2) is 0 Å². The summed E-state index contributed by atoms with van der Waals surface area (Å²) < 4.78 is 12.1. The molecule has 3 rings (SSSR count). The molecular weight excluding hydrogens is 448 g/mol. The molecule has 0 atom stereocenters. The van der Waals surface area contributed by atoms with Crippen molar-refractivity contribution in [3.63, 3.8) is 0 Å². The molecular formula is C31H48N2O3. The van der Waals surface area contributed by atoms with Crippen LogP contribution in [-0.2, 0) is 0 Å². The SMILES string of the molecule is CCCN(CCC)CCCOc1ccc2c(c1)C(O)c1cc(OCCCN(CCC)CCC)ccc1-2. The number of fused-ring (bicyclic) bond motifs is 3. The Bertz CT molecular complexity index is 831. The molecule has 0 fully saturated rings. The molecule has 0 bridgehead atoms. The van der Waals surface area contributed by atoms with Gasteiger partial charge in [0.2, 0.25) is 0 Å². The third kappa shape index (κ3) is 7.96. The number of nitrogens with zero attached hydrogens (tertiary/aromatic N) is 2. The van der Waals surface area contributed by atoms with E-state index in [-0.39, 0.29) is 0 Å². The highest BCUT2D eigenvalue weighted by molar-refractivity contribution is 5.79. The van der Waals surface area contributed by atoms with Crippen molar-refractivity contribution in [2.24, 2.45) is 0 Å². The Balaban J connectivity index is 1.52. The summed E-state index contributed by atoms with van der Waals surface area (Å²) in [6.07, 6.45) is 6.13. The van der Waals surface area contributed by atoms with E-state index in [4.69, 9.17) is 9.47 Å². The molecule has 0 radical (unpaired) electrons. The van der Waals surface area contributed by atoms with E-state index < -0.39 is 6.10 Å². The Kier molecular flexibility index (Phi) is 12.1. The van der Waals surface area contributed by atoms with Crippen LogP contribution in [0.4, 0.5) is 0 Å². The molecule has 1 aliphatic rings. The van der Waals surface area contributed by atoms with Crippen LogP contribution in [0.1, 0.15) is 83.5 Å². The summed E-state index contributed by atoms with van der Waals surface area (Å²) in [6.45, 7) is 17.1. The maximum absolute atomic E-state index is 11.1. The predicted octanol–water partition coefficient (Wildman–Crippen LogP) is 6.53. The van der Waals surface area contributed by atoms with E-state index in [1.165, 1.54) is 25.7 Å². The lowest BCUT2D eigenvalue weighted by Gasteiger charge is -2.20. The molecule has 0 aromatic heterocycles. The smallest absolute Gasteiger partial charge is 0.119 e. The zero-order chi connectivity index (χ0) is 25.8. The van der Waals surface area contributed by atoms with Crippen LogP contribution in [0.25, 0.3) is 11.1 Å². The van der Waals surface area contributed by atoms with Crippen LogP contribution in [0.3, 0.4) is 0 Å². The quantitative estimate of drug-likeness (QED) is 0.238. The van der Waals surface area contributed by atoms with Crippen LogP contribution in [0.15, 0.2) is 36.4 Å². The first-order valence-corrected chi connectivity index (χ1v) is 14.3. The first-order valence-electron chi connectivity index (χ1n) is 14.3. The van der Waals surface area contributed by atoms with Gasteiger partial charge in [-0.1, -0.05) is 39.8 Å². The highest BCUT2D eigenvalue weighted by Gasteiger charge is 2.28. The first-order chi connectivity index (χ1) is 17.6. The Morgan fingerprint density at radius 2 is 1.00 bits per heavy atom. The van der Waals surface area contributed by atoms with Crippen LogP contribution >= 0.6 is 0 Å². The van der Waals surface area contributed by atoms with Crippen molar-refractivity contribution >= 4 is 0 Å². The lowest BCUT2D eigenvalue weighted by molar-refractivity contribution is 0.220. The van der Waals surface area contributed by atoms with Crippen LogP contribution in [0.5, 0.6) is 11.5 Å². The van der Waals surface area contributed by atoms with Gasteiger partial charge in [-0.05, 0) is 111 Å². The first kappa shape index (κ1) is 28.5. The van der Waals surface area contributed by atoms with Gasteiger partial charge < -0.3 is 24.4 Å². The average molecular weight is 497 g/mol. The van der Waals surface area contributed by atoms with Crippen molar-refractivity contribution in [2.75, 3.05) is 52.5 Å². The lowest BCUT2D eigenvalue weighted by atomic mass is 10.1. The Hall–Kier alpha value is -2.08. The molecule has 2 aromatic carbocycles. The summed E-state index contributed by atoms with van der Waals surface area (Å²) >= 11 is 0. The second kappa shape index (κ2) is 15.2. The van der Waals surface area contributed by atoms with E-state index in [2.05, 4.69) is 49.6 Å². The van der Waals surface area contributed by atoms with Gasteiger partial charge in [-0.3, -0.25) is 0 Å². The largest absolute Gasteiger partial charge is 0.494 e. The van der Waals surface area contributed by atoms with Gasteiger partial charge >= 0.3 is 0 Å². The van der Waals surface area contributed by atoms with Gasteiger partial charge in [-0.2, -0.15) is 0 Å². The third-order valence-corrected chi connectivity index (χ3v) is 6.86. The molecule has 0 saturated heterocycles. The standard InChI is InChI=1S/C31H48N2O3/c1-5-15-32(16-6-2)19-9-21-35-25-11-13-27-28-14-12-26(24-30(28)31(34)29(27)23-25)36-22-10-20-33(17-7-3)18-8-4/h11-14,23-24,31,34H,5-10,15-22H2,1-4H3. The number of ether oxygens (including phenoxy) is 2. The highest BCUT2D eigenvalue weighted by Crippen LogP contribution is 2.45. The average Bonchev–Trinajstić information content (AvgIpc) is 3.15. The summed E-state index contributed by atoms with van der Waals surface area (Å²) in [5.74, 6) is 1.66. The number of benzene rings is 2. The minimum atomic E-state index is -0.642. The molecule has 5 heteroatoms. The fourth-order valence-electron chi connectivity index (χ4n) is 5.26. The molecule has 0 saturated carbocycles. The number of aliphatic hydroxyl groups excluding tert-OH is 1. The molecule has 36 heavy (non-hydrogen) atoms. The fourth-order valence-corrected chi connectivity index (χ4v) is 5.26. The van der Waals surface area contributed by atoms with Crippen molar-refractivity contribution < 1.29 is 14.6 Å². The summed E-state index contributed by atoms with van der Waals surface area (Å²) in [4.78, 5) is 5.02. The Morgan fingerprint density at radius 1 is 0.611 bits per heavy atom. The zero-order valence-electron chi connectivity index (χ0n) is 23.1. The monoisotopic (exact) mass is 496 g/mol. The van der Waals surface area contributed by atoms with Crippen LogP contribution in [0.2, 0.25) is 0 Å². The Labute approximate surface area is 219 Å². The molecule has 0 aliphatic heterocycles. The third-order valence-electron chi connectivity index (χ3n) is 6.86. The van der Waals surface area contributed by atoms with E-state index in [0.717, 1.165) is 85.9 Å². The van der Waals surface area contributed by atoms with Gasteiger partial charge in [0.1, 0.15) is 17.6 Å². The van der Waals surface area contributed by atoms with Crippen molar-refractivity contribution in [1.29, 1.82) is 0 Å². The van der Waals surface area contributed by atoms with Crippen molar-refractivity contribution in [1.82, 2.24) is 9.80 Å². The minimum absolute atomic E-state index is 0.642. The van der Waals surface area contributed by atoms with Gasteiger partial charge in [-0.25, -0.2) is 0 Å². The molecule has 0 unspecified atom stereocenters. The normalized spacial score (nSPS) is 12.9. The van der Waals surface area contributed by atoms with Crippen LogP contribution in [-0.4, -0.2) is 67.4 Å². The number of hydrogen-bond donors (Lipinski definition) is 1. The number of hydrogen-bond acceptors (Lipinski definition) is 5. The molecule has 0 amide bonds. The van der Waals surface area contributed by atoms with Gasteiger partial charge in [0.25, 0.3) is 0 Å². The molecule has 1 N–H and O–H groups in total. The predicted molar refractivity (Wildman–Crippen MR) is 150 cm³/mol. The molecule has 2 aromatic rings. The highest BCUT2D eigenvalue weighted by atomic mass is 16.5. The van der Waals surface area contributed by atoms with Crippen LogP contribution in [0, 0.1) is 0 Å². The van der Waals surface area contributed by atoms with Crippen LogP contribution < -0.4 is 9.47 Å². The van der Waals surface area contributed by atoms with Gasteiger partial charge in [0.05, 0.1) is 13.2 Å². The minimum Gasteiger partial charge on any atom is -0.494 e. The molecule has 1 aliphatic carbocycles. The maximum atomic E-state index is 11.1. The van der Waals surface area contributed by atoms with E-state index >= 15 is 0 Å². The summed E-state index contributed by atoms with van der Waals surface area (Å²) in [5.41, 5.74) is 4.02. The maximum Gasteiger partial charge on any atom is 0.119 e. The van der Waals surface area contributed by atoms with E-state index in [9.17, 15) is 5.11 Å². The number of aliphatic hydroxyl groups is 1. The summed E-state index contributed by atoms with van der Waals surface area (Å²) in [7, 11) is 0. The van der Waals surface area contributed by atoms with Gasteiger partial charge in [-0.15, -0.1) is 0 Å².